The summed E-state index contributed by atoms with van der Waals surface area (Å²) in [5, 5.41) is 11.7. The quantitative estimate of drug-likeness (QED) is 0.710. The molecule has 138 valence electrons. The lowest BCUT2D eigenvalue weighted by Crippen LogP contribution is -2.36. The number of hydrogen-bond donors (Lipinski definition) is 3. The van der Waals surface area contributed by atoms with Gasteiger partial charge in [-0.2, -0.15) is 0 Å². The summed E-state index contributed by atoms with van der Waals surface area (Å²) in [5.41, 5.74) is 6.90. The fourth-order valence-electron chi connectivity index (χ4n) is 2.83. The van der Waals surface area contributed by atoms with Gasteiger partial charge < -0.3 is 30.4 Å². The Morgan fingerprint density at radius 3 is 2.50 bits per heavy atom. The molecule has 1 aliphatic rings. The number of carboxylic acid groups (broad SMARTS) is 1. The minimum atomic E-state index is -1.11. The third-order valence-corrected chi connectivity index (χ3v) is 4.08. The van der Waals surface area contributed by atoms with Crippen LogP contribution in [0.1, 0.15) is 32.4 Å². The van der Waals surface area contributed by atoms with Crippen LogP contribution < -0.4 is 25.3 Å². The summed E-state index contributed by atoms with van der Waals surface area (Å²) >= 11 is 0. The molecule has 0 spiro atoms. The predicted octanol–water partition coefficient (Wildman–Crippen LogP) is 4.14. The first-order valence-electron chi connectivity index (χ1n) is 8.20. The van der Waals surface area contributed by atoms with E-state index in [-0.39, 0.29) is 12.2 Å². The maximum atomic E-state index is 11.2. The molecule has 7 nitrogen and oxygen atoms in total. The van der Waals surface area contributed by atoms with E-state index < -0.39 is 12.1 Å². The number of nitrogen functional groups attached to an aromatic ring is 1. The summed E-state index contributed by atoms with van der Waals surface area (Å²) in [7, 11) is 0. The number of benzene rings is 2. The van der Waals surface area contributed by atoms with Crippen molar-refractivity contribution in [3.8, 4) is 23.0 Å². The van der Waals surface area contributed by atoms with E-state index in [0.717, 1.165) is 0 Å². The zero-order valence-electron chi connectivity index (χ0n) is 14.9. The van der Waals surface area contributed by atoms with Crippen LogP contribution in [0.25, 0.3) is 0 Å². The van der Waals surface area contributed by atoms with Gasteiger partial charge in [0.1, 0.15) is 11.5 Å². The molecule has 1 atom stereocenters. The topological polar surface area (TPSA) is 103 Å². The number of ether oxygens (including phenoxy) is 3. The lowest BCUT2D eigenvalue weighted by Gasteiger charge is -2.32. The molecule has 0 aromatic heterocycles. The molecule has 0 saturated carbocycles. The molecule has 2 aromatic rings. The highest BCUT2D eigenvalue weighted by molar-refractivity contribution is 5.66. The van der Waals surface area contributed by atoms with Crippen molar-refractivity contribution in [3.05, 3.63) is 42.0 Å². The molecule has 0 saturated heterocycles. The van der Waals surface area contributed by atoms with Crippen molar-refractivity contribution in [2.24, 2.45) is 5.41 Å². The SMILES string of the molecule is CC(C)(C)C(NC(=O)O)c1cc(Oc2ccc3c(c2)OCO3)ccc1N. The van der Waals surface area contributed by atoms with Crippen LogP contribution in [0.5, 0.6) is 23.0 Å². The highest BCUT2D eigenvalue weighted by Crippen LogP contribution is 2.40. The number of hydrogen-bond acceptors (Lipinski definition) is 5. The maximum absolute atomic E-state index is 11.2. The zero-order valence-corrected chi connectivity index (χ0v) is 14.9. The molecule has 4 N–H and O–H groups in total. The van der Waals surface area contributed by atoms with Gasteiger partial charge in [0.2, 0.25) is 6.79 Å². The largest absolute Gasteiger partial charge is 0.465 e. The Morgan fingerprint density at radius 2 is 1.81 bits per heavy atom. The summed E-state index contributed by atoms with van der Waals surface area (Å²) in [6.45, 7) is 6.02. The van der Waals surface area contributed by atoms with Crippen LogP contribution >= 0.6 is 0 Å². The van der Waals surface area contributed by atoms with Gasteiger partial charge in [-0.3, -0.25) is 0 Å². The number of carbonyl (C=O) groups is 1. The van der Waals surface area contributed by atoms with Gasteiger partial charge in [-0.05, 0) is 35.7 Å². The first kappa shape index (κ1) is 17.7. The van der Waals surface area contributed by atoms with Gasteiger partial charge in [0, 0.05) is 17.3 Å². The number of fused-ring (bicyclic) bond motifs is 1. The molecule has 0 radical (unpaired) electrons. The van der Waals surface area contributed by atoms with Crippen molar-refractivity contribution in [3.63, 3.8) is 0 Å². The molecule has 3 rings (SSSR count). The number of anilines is 1. The second-order valence-corrected chi connectivity index (χ2v) is 7.16. The Hall–Kier alpha value is -3.09. The van der Waals surface area contributed by atoms with Gasteiger partial charge in [-0.1, -0.05) is 20.8 Å². The molecule has 1 heterocycles. The normalized spacial score (nSPS) is 14.0. The Kier molecular flexibility index (Phi) is 4.54. The first-order valence-corrected chi connectivity index (χ1v) is 8.20. The van der Waals surface area contributed by atoms with E-state index in [0.29, 0.717) is 34.2 Å². The molecular weight excluding hydrogens is 336 g/mol. The smallest absolute Gasteiger partial charge is 0.405 e. The van der Waals surface area contributed by atoms with Crippen molar-refractivity contribution in [1.82, 2.24) is 5.32 Å². The van der Waals surface area contributed by atoms with Gasteiger partial charge in [0.15, 0.2) is 11.5 Å². The van der Waals surface area contributed by atoms with Crippen molar-refractivity contribution in [2.45, 2.75) is 26.8 Å². The summed E-state index contributed by atoms with van der Waals surface area (Å²) in [6, 6.07) is 10.0. The van der Waals surface area contributed by atoms with E-state index >= 15 is 0 Å². The van der Waals surface area contributed by atoms with E-state index in [2.05, 4.69) is 5.32 Å². The first-order chi connectivity index (χ1) is 12.2. The molecule has 1 aliphatic heterocycles. The average molecular weight is 358 g/mol. The van der Waals surface area contributed by atoms with Crippen molar-refractivity contribution < 1.29 is 24.1 Å². The fourth-order valence-corrected chi connectivity index (χ4v) is 2.83. The lowest BCUT2D eigenvalue weighted by molar-refractivity contribution is 0.173. The van der Waals surface area contributed by atoms with Gasteiger partial charge in [-0.25, -0.2) is 4.79 Å². The van der Waals surface area contributed by atoms with Crippen LogP contribution in [0, 0.1) is 5.41 Å². The average Bonchev–Trinajstić information content (AvgIpc) is 3.01. The molecule has 0 fully saturated rings. The minimum Gasteiger partial charge on any atom is -0.465 e. The van der Waals surface area contributed by atoms with E-state index in [4.69, 9.17) is 19.9 Å². The Morgan fingerprint density at radius 1 is 1.15 bits per heavy atom. The minimum absolute atomic E-state index is 0.193. The molecule has 26 heavy (non-hydrogen) atoms. The Balaban J connectivity index is 1.90. The standard InChI is InChI=1S/C19H22N2O5/c1-19(2,3)17(21-18(22)23)13-8-11(4-6-14(13)20)26-12-5-7-15-16(9-12)25-10-24-15/h4-9,17,21H,10,20H2,1-3H3,(H,22,23). The van der Waals surface area contributed by atoms with Gasteiger partial charge in [0.25, 0.3) is 0 Å². The van der Waals surface area contributed by atoms with Crippen LogP contribution in [0.4, 0.5) is 10.5 Å². The number of nitrogens with one attached hydrogen (secondary N) is 1. The van der Waals surface area contributed by atoms with Gasteiger partial charge >= 0.3 is 6.09 Å². The highest BCUT2D eigenvalue weighted by atomic mass is 16.7. The zero-order chi connectivity index (χ0) is 18.9. The summed E-state index contributed by atoms with van der Waals surface area (Å²) in [6.07, 6.45) is -1.11. The monoisotopic (exact) mass is 358 g/mol. The summed E-state index contributed by atoms with van der Waals surface area (Å²) < 4.78 is 16.5. The van der Waals surface area contributed by atoms with Gasteiger partial charge in [0.05, 0.1) is 6.04 Å². The van der Waals surface area contributed by atoms with Crippen LogP contribution in [-0.2, 0) is 0 Å². The summed E-state index contributed by atoms with van der Waals surface area (Å²) in [4.78, 5) is 11.2. The highest BCUT2D eigenvalue weighted by Gasteiger charge is 2.29. The van der Waals surface area contributed by atoms with Crippen LogP contribution in [0.15, 0.2) is 36.4 Å². The molecule has 0 aliphatic carbocycles. The van der Waals surface area contributed by atoms with Crippen LogP contribution in [0.3, 0.4) is 0 Å². The van der Waals surface area contributed by atoms with Crippen molar-refractivity contribution in [2.75, 3.05) is 12.5 Å². The molecule has 7 heteroatoms. The number of rotatable bonds is 4. The summed E-state index contributed by atoms with van der Waals surface area (Å²) in [5.74, 6) is 2.44. The molecule has 1 unspecified atom stereocenters. The second kappa shape index (κ2) is 6.67. The third kappa shape index (κ3) is 3.77. The Bertz CT molecular complexity index is 829. The molecule has 2 aromatic carbocycles. The predicted molar refractivity (Wildman–Crippen MR) is 96.8 cm³/mol. The number of nitrogens with two attached hydrogens (primary N) is 1. The number of amides is 1. The maximum Gasteiger partial charge on any atom is 0.405 e. The van der Waals surface area contributed by atoms with Crippen LogP contribution in [0.2, 0.25) is 0 Å². The lowest BCUT2D eigenvalue weighted by atomic mass is 9.81. The van der Waals surface area contributed by atoms with E-state index in [9.17, 15) is 9.90 Å². The Labute approximate surface area is 151 Å². The third-order valence-electron chi connectivity index (χ3n) is 4.08. The van der Waals surface area contributed by atoms with E-state index in [1.54, 1.807) is 36.4 Å². The molecule has 1 amide bonds. The van der Waals surface area contributed by atoms with Crippen molar-refractivity contribution in [1.29, 1.82) is 0 Å². The fraction of sp³-hybridized carbons (Fsp3) is 0.316. The van der Waals surface area contributed by atoms with Gasteiger partial charge in [-0.15, -0.1) is 0 Å². The van der Waals surface area contributed by atoms with Crippen molar-refractivity contribution >= 4 is 11.8 Å². The van der Waals surface area contributed by atoms with E-state index in [1.807, 2.05) is 20.8 Å². The molecular formula is C19H22N2O5. The second-order valence-electron chi connectivity index (χ2n) is 7.16. The van der Waals surface area contributed by atoms with Crippen LogP contribution in [-0.4, -0.2) is 18.0 Å². The van der Waals surface area contributed by atoms with E-state index in [1.165, 1.54) is 0 Å². The molecule has 0 bridgehead atoms.